The molecule has 0 aliphatic heterocycles. The highest BCUT2D eigenvalue weighted by Gasteiger charge is 2.43. The SMILES string of the molecule is C#CCCNC(=O)C1CCCC(C(F)(F)F)C1. The van der Waals surface area contributed by atoms with Gasteiger partial charge in [0.25, 0.3) is 0 Å². The number of carbonyl (C=O) groups is 1. The molecular formula is C12H16F3NO. The van der Waals surface area contributed by atoms with Crippen molar-refractivity contribution in [1.29, 1.82) is 0 Å². The molecule has 1 saturated carbocycles. The molecule has 0 saturated heterocycles. The quantitative estimate of drug-likeness (QED) is 0.602. The second-order valence-electron chi connectivity index (χ2n) is 4.35. The summed E-state index contributed by atoms with van der Waals surface area (Å²) in [5.74, 6) is 0.213. The highest BCUT2D eigenvalue weighted by molar-refractivity contribution is 5.78. The maximum atomic E-state index is 12.5. The Bertz CT molecular complexity index is 306. The van der Waals surface area contributed by atoms with E-state index in [-0.39, 0.29) is 18.7 Å². The van der Waals surface area contributed by atoms with E-state index in [0.717, 1.165) is 0 Å². The smallest absolute Gasteiger partial charge is 0.355 e. The molecule has 5 heteroatoms. The molecule has 0 aromatic carbocycles. The number of nitrogens with one attached hydrogen (secondary N) is 1. The van der Waals surface area contributed by atoms with Crippen molar-refractivity contribution in [3.05, 3.63) is 0 Å². The van der Waals surface area contributed by atoms with E-state index in [1.165, 1.54) is 0 Å². The van der Waals surface area contributed by atoms with Gasteiger partial charge >= 0.3 is 6.18 Å². The lowest BCUT2D eigenvalue weighted by Gasteiger charge is -2.29. The third-order valence-corrected chi connectivity index (χ3v) is 3.08. The van der Waals surface area contributed by atoms with Gasteiger partial charge in [-0.2, -0.15) is 13.2 Å². The molecule has 1 fully saturated rings. The van der Waals surface area contributed by atoms with Gasteiger partial charge in [-0.1, -0.05) is 6.42 Å². The van der Waals surface area contributed by atoms with Gasteiger partial charge in [0, 0.05) is 18.9 Å². The van der Waals surface area contributed by atoms with Crippen LogP contribution in [0.4, 0.5) is 13.2 Å². The number of hydrogen-bond donors (Lipinski definition) is 1. The van der Waals surface area contributed by atoms with Crippen molar-refractivity contribution in [2.75, 3.05) is 6.54 Å². The number of rotatable bonds is 3. The molecule has 0 aromatic rings. The third kappa shape index (κ3) is 4.29. The van der Waals surface area contributed by atoms with E-state index >= 15 is 0 Å². The van der Waals surface area contributed by atoms with Crippen LogP contribution in [0.1, 0.15) is 32.1 Å². The third-order valence-electron chi connectivity index (χ3n) is 3.08. The number of amides is 1. The zero-order valence-corrected chi connectivity index (χ0v) is 9.52. The molecule has 96 valence electrons. The average molecular weight is 247 g/mol. The summed E-state index contributed by atoms with van der Waals surface area (Å²) >= 11 is 0. The van der Waals surface area contributed by atoms with Crippen LogP contribution in [0.15, 0.2) is 0 Å². The minimum absolute atomic E-state index is 0.0919. The zero-order chi connectivity index (χ0) is 12.9. The molecule has 2 atom stereocenters. The molecule has 0 spiro atoms. The fourth-order valence-corrected chi connectivity index (χ4v) is 2.13. The molecule has 17 heavy (non-hydrogen) atoms. The molecule has 0 aromatic heterocycles. The van der Waals surface area contributed by atoms with Crippen LogP contribution in [0.2, 0.25) is 0 Å². The van der Waals surface area contributed by atoms with Gasteiger partial charge in [0.15, 0.2) is 0 Å². The van der Waals surface area contributed by atoms with Gasteiger partial charge < -0.3 is 5.32 Å². The van der Waals surface area contributed by atoms with Crippen LogP contribution in [-0.2, 0) is 4.79 Å². The van der Waals surface area contributed by atoms with E-state index in [4.69, 9.17) is 6.42 Å². The molecular weight excluding hydrogens is 231 g/mol. The minimum Gasteiger partial charge on any atom is -0.355 e. The first kappa shape index (κ1) is 13.9. The largest absolute Gasteiger partial charge is 0.391 e. The van der Waals surface area contributed by atoms with Crippen molar-refractivity contribution in [3.63, 3.8) is 0 Å². The highest BCUT2D eigenvalue weighted by Crippen LogP contribution is 2.39. The Labute approximate surface area is 99.0 Å². The van der Waals surface area contributed by atoms with E-state index in [0.29, 0.717) is 25.8 Å². The van der Waals surface area contributed by atoms with Crippen LogP contribution in [0, 0.1) is 24.2 Å². The van der Waals surface area contributed by atoms with Crippen molar-refractivity contribution in [2.24, 2.45) is 11.8 Å². The van der Waals surface area contributed by atoms with Crippen molar-refractivity contribution in [1.82, 2.24) is 5.32 Å². The van der Waals surface area contributed by atoms with Crippen molar-refractivity contribution in [3.8, 4) is 12.3 Å². The van der Waals surface area contributed by atoms with Crippen LogP contribution in [0.25, 0.3) is 0 Å². The van der Waals surface area contributed by atoms with Crippen LogP contribution in [0.3, 0.4) is 0 Å². The molecule has 2 nitrogen and oxygen atoms in total. The van der Waals surface area contributed by atoms with Crippen molar-refractivity contribution < 1.29 is 18.0 Å². The maximum absolute atomic E-state index is 12.5. The van der Waals surface area contributed by atoms with Gasteiger partial charge in [0.2, 0.25) is 5.91 Å². The lowest BCUT2D eigenvalue weighted by molar-refractivity contribution is -0.186. The first-order valence-corrected chi connectivity index (χ1v) is 5.73. The van der Waals surface area contributed by atoms with Gasteiger partial charge in [-0.25, -0.2) is 0 Å². The summed E-state index contributed by atoms with van der Waals surface area (Å²) in [4.78, 5) is 11.6. The molecule has 1 aliphatic rings. The van der Waals surface area contributed by atoms with E-state index in [9.17, 15) is 18.0 Å². The normalized spacial score (nSPS) is 25.1. The van der Waals surface area contributed by atoms with E-state index in [2.05, 4.69) is 11.2 Å². The van der Waals surface area contributed by atoms with Crippen molar-refractivity contribution >= 4 is 5.91 Å². The molecule has 1 amide bonds. The Kier molecular flexibility index (Phi) is 4.86. The summed E-state index contributed by atoms with van der Waals surface area (Å²) in [5, 5.41) is 2.58. The lowest BCUT2D eigenvalue weighted by Crippen LogP contribution is -2.37. The second kappa shape index (κ2) is 5.95. The number of carbonyl (C=O) groups excluding carboxylic acids is 1. The predicted octanol–water partition coefficient (Wildman–Crippen LogP) is 2.49. The molecule has 1 aliphatic carbocycles. The average Bonchev–Trinajstić information content (AvgIpc) is 2.28. The Morgan fingerprint density at radius 3 is 2.71 bits per heavy atom. The Hall–Kier alpha value is -1.18. The molecule has 0 heterocycles. The van der Waals surface area contributed by atoms with Gasteiger partial charge in [0.1, 0.15) is 0 Å². The van der Waals surface area contributed by atoms with E-state index < -0.39 is 18.0 Å². The number of terminal acetylenes is 1. The Morgan fingerprint density at radius 1 is 1.41 bits per heavy atom. The fraction of sp³-hybridized carbons (Fsp3) is 0.750. The van der Waals surface area contributed by atoms with E-state index in [1.54, 1.807) is 0 Å². The summed E-state index contributed by atoms with van der Waals surface area (Å²) < 4.78 is 37.6. The molecule has 1 N–H and O–H groups in total. The molecule has 0 bridgehead atoms. The first-order valence-electron chi connectivity index (χ1n) is 5.73. The number of halogens is 3. The van der Waals surface area contributed by atoms with Gasteiger partial charge in [-0.05, 0) is 19.3 Å². The van der Waals surface area contributed by atoms with E-state index in [1.807, 2.05) is 0 Å². The number of alkyl halides is 3. The van der Waals surface area contributed by atoms with Crippen molar-refractivity contribution in [2.45, 2.75) is 38.3 Å². The van der Waals surface area contributed by atoms with Crippen LogP contribution >= 0.6 is 0 Å². The standard InChI is InChI=1S/C12H16F3NO/c1-2-3-7-16-11(17)9-5-4-6-10(8-9)12(13,14)15/h1,9-10H,3-8H2,(H,16,17). The topological polar surface area (TPSA) is 29.1 Å². The predicted molar refractivity (Wildman–Crippen MR) is 58.0 cm³/mol. The van der Waals surface area contributed by atoms with Crippen LogP contribution < -0.4 is 5.32 Å². The zero-order valence-electron chi connectivity index (χ0n) is 9.52. The fourth-order valence-electron chi connectivity index (χ4n) is 2.13. The molecule has 1 rings (SSSR count). The van der Waals surface area contributed by atoms with Crippen LogP contribution in [0.5, 0.6) is 0 Å². The summed E-state index contributed by atoms with van der Waals surface area (Å²) in [7, 11) is 0. The summed E-state index contributed by atoms with van der Waals surface area (Å²) in [6.45, 7) is 0.336. The van der Waals surface area contributed by atoms with Crippen LogP contribution in [-0.4, -0.2) is 18.6 Å². The second-order valence-corrected chi connectivity index (χ2v) is 4.35. The van der Waals surface area contributed by atoms with Gasteiger partial charge in [-0.3, -0.25) is 4.79 Å². The lowest BCUT2D eigenvalue weighted by atomic mass is 9.80. The van der Waals surface area contributed by atoms with Gasteiger partial charge in [0.05, 0.1) is 5.92 Å². The monoisotopic (exact) mass is 247 g/mol. The highest BCUT2D eigenvalue weighted by atomic mass is 19.4. The summed E-state index contributed by atoms with van der Waals surface area (Å²) in [6, 6.07) is 0. The minimum atomic E-state index is -4.18. The molecule has 0 radical (unpaired) electrons. The molecule has 2 unspecified atom stereocenters. The summed E-state index contributed by atoms with van der Waals surface area (Å²) in [6.07, 6.45) is 2.28. The summed E-state index contributed by atoms with van der Waals surface area (Å²) in [5.41, 5.74) is 0. The van der Waals surface area contributed by atoms with Gasteiger partial charge in [-0.15, -0.1) is 12.3 Å². The maximum Gasteiger partial charge on any atom is 0.391 e. The Morgan fingerprint density at radius 2 is 2.12 bits per heavy atom. The first-order chi connectivity index (χ1) is 7.95. The Balaban J connectivity index is 2.44. The number of hydrogen-bond acceptors (Lipinski definition) is 1.